The Bertz CT molecular complexity index is 814. The van der Waals surface area contributed by atoms with Crippen LogP contribution in [-0.4, -0.2) is 23.4 Å². The SMILES string of the molecule is COc1ccccc1-n1nc(CCN)cc1-c1ccccc1Cl. The predicted molar refractivity (Wildman–Crippen MR) is 93.3 cm³/mol. The van der Waals surface area contributed by atoms with Gasteiger partial charge in [-0.15, -0.1) is 0 Å². The molecule has 0 atom stereocenters. The van der Waals surface area contributed by atoms with E-state index >= 15 is 0 Å². The van der Waals surface area contributed by atoms with E-state index in [2.05, 4.69) is 0 Å². The van der Waals surface area contributed by atoms with Crippen molar-refractivity contribution in [2.45, 2.75) is 6.42 Å². The number of rotatable bonds is 5. The van der Waals surface area contributed by atoms with Gasteiger partial charge in [-0.3, -0.25) is 0 Å². The molecule has 2 aromatic carbocycles. The van der Waals surface area contributed by atoms with E-state index in [1.54, 1.807) is 7.11 Å². The Balaban J connectivity index is 2.21. The van der Waals surface area contributed by atoms with Gasteiger partial charge in [0.1, 0.15) is 11.4 Å². The molecule has 0 spiro atoms. The van der Waals surface area contributed by atoms with Gasteiger partial charge in [0.05, 0.1) is 18.5 Å². The molecule has 0 amide bonds. The van der Waals surface area contributed by atoms with Gasteiger partial charge in [-0.2, -0.15) is 5.10 Å². The molecule has 23 heavy (non-hydrogen) atoms. The van der Waals surface area contributed by atoms with Gasteiger partial charge in [0.2, 0.25) is 0 Å². The van der Waals surface area contributed by atoms with E-state index in [0.717, 1.165) is 28.4 Å². The first-order valence-corrected chi connectivity index (χ1v) is 7.79. The monoisotopic (exact) mass is 327 g/mol. The van der Waals surface area contributed by atoms with Crippen LogP contribution in [0, 0.1) is 0 Å². The smallest absolute Gasteiger partial charge is 0.144 e. The number of halogens is 1. The summed E-state index contributed by atoms with van der Waals surface area (Å²) in [5.41, 5.74) is 9.32. The summed E-state index contributed by atoms with van der Waals surface area (Å²) in [6, 6.07) is 17.5. The van der Waals surface area contributed by atoms with Gasteiger partial charge in [-0.05, 0) is 30.8 Å². The minimum atomic E-state index is 0.547. The second-order valence-electron chi connectivity index (χ2n) is 5.12. The lowest BCUT2D eigenvalue weighted by Crippen LogP contribution is -2.05. The number of para-hydroxylation sites is 2. The Hall–Kier alpha value is -2.30. The van der Waals surface area contributed by atoms with Crippen LogP contribution in [-0.2, 0) is 6.42 Å². The first-order valence-electron chi connectivity index (χ1n) is 7.42. The summed E-state index contributed by atoms with van der Waals surface area (Å²) in [5.74, 6) is 0.753. The minimum absolute atomic E-state index is 0.547. The van der Waals surface area contributed by atoms with Crippen molar-refractivity contribution in [1.29, 1.82) is 0 Å². The van der Waals surface area contributed by atoms with Crippen molar-refractivity contribution in [3.8, 4) is 22.7 Å². The molecular formula is C18H18ClN3O. The molecule has 4 nitrogen and oxygen atoms in total. The number of hydrogen-bond acceptors (Lipinski definition) is 3. The molecule has 0 radical (unpaired) electrons. The Morgan fingerprint density at radius 2 is 1.87 bits per heavy atom. The molecule has 0 fully saturated rings. The summed E-state index contributed by atoms with van der Waals surface area (Å²) in [6.07, 6.45) is 0.708. The molecule has 0 aliphatic rings. The van der Waals surface area contributed by atoms with Gasteiger partial charge in [0, 0.05) is 17.0 Å². The second kappa shape index (κ2) is 6.86. The fourth-order valence-corrected chi connectivity index (χ4v) is 2.78. The van der Waals surface area contributed by atoms with Crippen LogP contribution in [0.15, 0.2) is 54.6 Å². The zero-order chi connectivity index (χ0) is 16.2. The van der Waals surface area contributed by atoms with Crippen LogP contribution in [0.5, 0.6) is 5.75 Å². The number of nitrogens with two attached hydrogens (primary N) is 1. The van der Waals surface area contributed by atoms with Crippen LogP contribution in [0.1, 0.15) is 5.69 Å². The topological polar surface area (TPSA) is 53.1 Å². The van der Waals surface area contributed by atoms with E-state index in [4.69, 9.17) is 27.2 Å². The number of ether oxygens (including phenoxy) is 1. The molecule has 2 N–H and O–H groups in total. The third-order valence-corrected chi connectivity index (χ3v) is 3.95. The summed E-state index contributed by atoms with van der Waals surface area (Å²) in [4.78, 5) is 0. The molecule has 0 bridgehead atoms. The quantitative estimate of drug-likeness (QED) is 0.777. The molecule has 3 rings (SSSR count). The second-order valence-corrected chi connectivity index (χ2v) is 5.53. The van der Waals surface area contributed by atoms with Crippen molar-refractivity contribution in [1.82, 2.24) is 9.78 Å². The fraction of sp³-hybridized carbons (Fsp3) is 0.167. The Morgan fingerprint density at radius 3 is 2.61 bits per heavy atom. The molecule has 3 aromatic rings. The first-order chi connectivity index (χ1) is 11.2. The van der Waals surface area contributed by atoms with E-state index in [0.29, 0.717) is 18.0 Å². The lowest BCUT2D eigenvalue weighted by atomic mass is 10.1. The molecule has 0 unspecified atom stereocenters. The zero-order valence-electron chi connectivity index (χ0n) is 12.9. The molecule has 0 aliphatic carbocycles. The van der Waals surface area contributed by atoms with Crippen LogP contribution < -0.4 is 10.5 Å². The highest BCUT2D eigenvalue weighted by Crippen LogP contribution is 2.32. The number of aromatic nitrogens is 2. The van der Waals surface area contributed by atoms with Crippen molar-refractivity contribution >= 4 is 11.6 Å². The highest BCUT2D eigenvalue weighted by molar-refractivity contribution is 6.33. The largest absolute Gasteiger partial charge is 0.494 e. The predicted octanol–water partition coefficient (Wildman–Crippen LogP) is 3.70. The maximum Gasteiger partial charge on any atom is 0.144 e. The Labute approximate surface area is 140 Å². The standard InChI is InChI=1S/C18H18ClN3O/c1-23-18-9-5-4-8-16(18)22-17(12-13(21-22)10-11-20)14-6-2-3-7-15(14)19/h2-9,12H,10-11,20H2,1H3. The molecule has 0 saturated carbocycles. The third kappa shape index (κ3) is 3.09. The summed E-state index contributed by atoms with van der Waals surface area (Å²) in [7, 11) is 1.65. The highest BCUT2D eigenvalue weighted by atomic mass is 35.5. The zero-order valence-corrected chi connectivity index (χ0v) is 13.6. The summed E-state index contributed by atoms with van der Waals surface area (Å²) >= 11 is 6.38. The number of nitrogens with zero attached hydrogens (tertiary/aromatic N) is 2. The molecule has 1 aromatic heterocycles. The molecule has 5 heteroatoms. The first kappa shape index (κ1) is 15.6. The van der Waals surface area contributed by atoms with Gasteiger partial charge >= 0.3 is 0 Å². The van der Waals surface area contributed by atoms with Crippen molar-refractivity contribution in [2.75, 3.05) is 13.7 Å². The van der Waals surface area contributed by atoms with E-state index < -0.39 is 0 Å². The lowest BCUT2D eigenvalue weighted by molar-refractivity contribution is 0.412. The molecule has 118 valence electrons. The Morgan fingerprint density at radius 1 is 1.13 bits per heavy atom. The summed E-state index contributed by atoms with van der Waals surface area (Å²) < 4.78 is 7.34. The van der Waals surface area contributed by atoms with Gasteiger partial charge in [-0.1, -0.05) is 41.9 Å². The van der Waals surface area contributed by atoms with E-state index in [-0.39, 0.29) is 0 Å². The van der Waals surface area contributed by atoms with Gasteiger partial charge in [0.25, 0.3) is 0 Å². The average Bonchev–Trinajstić information content (AvgIpc) is 2.99. The van der Waals surface area contributed by atoms with Crippen LogP contribution >= 0.6 is 11.6 Å². The van der Waals surface area contributed by atoms with Gasteiger partial charge in [0.15, 0.2) is 0 Å². The average molecular weight is 328 g/mol. The molecule has 0 aliphatic heterocycles. The van der Waals surface area contributed by atoms with Crippen LogP contribution in [0.25, 0.3) is 16.9 Å². The van der Waals surface area contributed by atoms with Crippen molar-refractivity contribution < 1.29 is 4.74 Å². The molecule has 0 saturated heterocycles. The number of benzene rings is 2. The van der Waals surface area contributed by atoms with Crippen LogP contribution in [0.3, 0.4) is 0 Å². The minimum Gasteiger partial charge on any atom is -0.494 e. The fourth-order valence-electron chi connectivity index (χ4n) is 2.55. The van der Waals surface area contributed by atoms with E-state index in [9.17, 15) is 0 Å². The van der Waals surface area contributed by atoms with Crippen LogP contribution in [0.4, 0.5) is 0 Å². The maximum atomic E-state index is 6.38. The van der Waals surface area contributed by atoms with E-state index in [1.165, 1.54) is 0 Å². The third-order valence-electron chi connectivity index (χ3n) is 3.62. The maximum absolute atomic E-state index is 6.38. The van der Waals surface area contributed by atoms with Crippen LogP contribution in [0.2, 0.25) is 5.02 Å². The highest BCUT2D eigenvalue weighted by Gasteiger charge is 2.16. The summed E-state index contributed by atoms with van der Waals surface area (Å²) in [5, 5.41) is 5.38. The molecular weight excluding hydrogens is 310 g/mol. The van der Waals surface area contributed by atoms with Crippen molar-refractivity contribution in [2.24, 2.45) is 5.73 Å². The Kier molecular flexibility index (Phi) is 4.65. The number of hydrogen-bond donors (Lipinski definition) is 1. The number of methoxy groups -OCH3 is 1. The van der Waals surface area contributed by atoms with Gasteiger partial charge in [-0.25, -0.2) is 4.68 Å². The van der Waals surface area contributed by atoms with Gasteiger partial charge < -0.3 is 10.5 Å². The molecule has 1 heterocycles. The van der Waals surface area contributed by atoms with Crippen molar-refractivity contribution in [3.63, 3.8) is 0 Å². The summed E-state index contributed by atoms with van der Waals surface area (Å²) in [6.45, 7) is 0.547. The van der Waals surface area contributed by atoms with E-state index in [1.807, 2.05) is 59.3 Å². The normalized spacial score (nSPS) is 10.7. The lowest BCUT2D eigenvalue weighted by Gasteiger charge is -2.12. The van der Waals surface area contributed by atoms with Crippen molar-refractivity contribution in [3.05, 3.63) is 65.3 Å².